The van der Waals surface area contributed by atoms with E-state index in [1.165, 1.54) is 31.2 Å². The third-order valence-corrected chi connectivity index (χ3v) is 6.67. The van der Waals surface area contributed by atoms with Gasteiger partial charge in [0.1, 0.15) is 0 Å². The van der Waals surface area contributed by atoms with Gasteiger partial charge in [-0.2, -0.15) is 0 Å². The summed E-state index contributed by atoms with van der Waals surface area (Å²) in [5.74, 6) is 1.55. The summed E-state index contributed by atoms with van der Waals surface area (Å²) >= 11 is 0. The normalized spacial score (nSPS) is 23.6. The van der Waals surface area contributed by atoms with E-state index >= 15 is 0 Å². The molecule has 2 N–H and O–H groups in total. The molecule has 1 atom stereocenters. The van der Waals surface area contributed by atoms with Crippen molar-refractivity contribution in [1.29, 1.82) is 0 Å². The van der Waals surface area contributed by atoms with Crippen molar-refractivity contribution in [3.8, 4) is 0 Å². The van der Waals surface area contributed by atoms with Gasteiger partial charge in [0, 0.05) is 37.0 Å². The second kappa shape index (κ2) is 10.1. The molecule has 5 nitrogen and oxygen atoms in total. The van der Waals surface area contributed by atoms with E-state index < -0.39 is 0 Å². The maximum atomic E-state index is 12.7. The summed E-state index contributed by atoms with van der Waals surface area (Å²) < 4.78 is 0. The molecule has 1 heterocycles. The smallest absolute Gasteiger partial charge is 0.225 e. The van der Waals surface area contributed by atoms with Gasteiger partial charge < -0.3 is 15.5 Å². The van der Waals surface area contributed by atoms with E-state index in [0.717, 1.165) is 51.4 Å². The SMILES string of the molecule is CCNC(=NCC1(c2ccccc2)CC1)NC1CCN(C(=O)C2CCCC2)C1.I. The molecule has 1 aliphatic heterocycles. The van der Waals surface area contributed by atoms with Gasteiger partial charge in [0.2, 0.25) is 5.91 Å². The molecule has 1 unspecified atom stereocenters. The molecule has 1 aromatic rings. The summed E-state index contributed by atoms with van der Waals surface area (Å²) in [7, 11) is 0. The summed E-state index contributed by atoms with van der Waals surface area (Å²) in [6.07, 6.45) is 8.03. The van der Waals surface area contributed by atoms with Crippen molar-refractivity contribution < 1.29 is 4.79 Å². The van der Waals surface area contributed by atoms with Crippen LogP contribution in [0.5, 0.6) is 0 Å². The first-order valence-corrected chi connectivity index (χ1v) is 11.1. The quantitative estimate of drug-likeness (QED) is 0.349. The van der Waals surface area contributed by atoms with E-state index in [9.17, 15) is 4.79 Å². The molecule has 4 rings (SSSR count). The van der Waals surface area contributed by atoms with E-state index in [1.807, 2.05) is 0 Å². The second-order valence-corrected chi connectivity index (χ2v) is 8.74. The number of rotatable bonds is 6. The minimum absolute atomic E-state index is 0. The van der Waals surface area contributed by atoms with Crippen LogP contribution in [0.1, 0.15) is 57.4 Å². The van der Waals surface area contributed by atoms with Crippen LogP contribution in [-0.2, 0) is 10.2 Å². The minimum atomic E-state index is 0. The molecule has 1 amide bonds. The van der Waals surface area contributed by atoms with Crippen molar-refractivity contribution in [3.63, 3.8) is 0 Å². The molecule has 1 saturated heterocycles. The predicted molar refractivity (Wildman–Crippen MR) is 129 cm³/mol. The molecular weight excluding hydrogens is 475 g/mol. The Balaban J connectivity index is 0.00000240. The first-order chi connectivity index (χ1) is 13.7. The Kier molecular flexibility index (Phi) is 7.82. The van der Waals surface area contributed by atoms with E-state index in [2.05, 4.69) is 52.8 Å². The van der Waals surface area contributed by atoms with Crippen molar-refractivity contribution >= 4 is 35.8 Å². The molecule has 0 bridgehead atoms. The number of benzene rings is 1. The lowest BCUT2D eigenvalue weighted by molar-refractivity contribution is -0.134. The zero-order chi connectivity index (χ0) is 19.4. The Labute approximate surface area is 192 Å². The van der Waals surface area contributed by atoms with Crippen molar-refractivity contribution in [3.05, 3.63) is 35.9 Å². The van der Waals surface area contributed by atoms with Gasteiger partial charge >= 0.3 is 0 Å². The molecule has 6 heteroatoms. The number of likely N-dealkylation sites (tertiary alicyclic amines) is 1. The zero-order valence-corrected chi connectivity index (χ0v) is 19.9. The lowest BCUT2D eigenvalue weighted by Crippen LogP contribution is -2.45. The number of carbonyl (C=O) groups is 1. The largest absolute Gasteiger partial charge is 0.357 e. The van der Waals surface area contributed by atoms with E-state index in [-0.39, 0.29) is 35.3 Å². The van der Waals surface area contributed by atoms with Crippen molar-refractivity contribution in [2.75, 3.05) is 26.2 Å². The molecule has 0 aromatic heterocycles. The van der Waals surface area contributed by atoms with Crippen LogP contribution in [0.25, 0.3) is 0 Å². The molecule has 1 aromatic carbocycles. The van der Waals surface area contributed by atoms with Gasteiger partial charge in [0.15, 0.2) is 5.96 Å². The van der Waals surface area contributed by atoms with Crippen LogP contribution in [0.2, 0.25) is 0 Å². The zero-order valence-electron chi connectivity index (χ0n) is 17.5. The summed E-state index contributed by atoms with van der Waals surface area (Å²) in [6.45, 7) is 5.46. The Morgan fingerprint density at radius 1 is 1.17 bits per heavy atom. The summed E-state index contributed by atoms with van der Waals surface area (Å²) in [6, 6.07) is 11.1. The predicted octanol–water partition coefficient (Wildman–Crippen LogP) is 3.68. The van der Waals surface area contributed by atoms with Gasteiger partial charge in [-0.15, -0.1) is 24.0 Å². The second-order valence-electron chi connectivity index (χ2n) is 8.74. The fraction of sp³-hybridized carbons (Fsp3) is 0.652. The molecule has 3 aliphatic rings. The number of halogens is 1. The Bertz CT molecular complexity index is 698. The number of guanidine groups is 1. The number of carbonyl (C=O) groups excluding carboxylic acids is 1. The van der Waals surface area contributed by atoms with Gasteiger partial charge in [-0.3, -0.25) is 9.79 Å². The molecule has 3 fully saturated rings. The first-order valence-electron chi connectivity index (χ1n) is 11.1. The number of aliphatic imine (C=N–C) groups is 1. The fourth-order valence-corrected chi connectivity index (χ4v) is 4.73. The Hall–Kier alpha value is -1.31. The first kappa shape index (κ1) is 22.4. The number of amides is 1. The monoisotopic (exact) mass is 510 g/mol. The van der Waals surface area contributed by atoms with E-state index in [1.54, 1.807) is 0 Å². The van der Waals surface area contributed by atoms with Crippen LogP contribution >= 0.6 is 24.0 Å². The number of nitrogens with one attached hydrogen (secondary N) is 2. The summed E-state index contributed by atoms with van der Waals surface area (Å²) in [4.78, 5) is 19.7. The molecule has 0 radical (unpaired) electrons. The van der Waals surface area contributed by atoms with Crippen LogP contribution in [0.15, 0.2) is 35.3 Å². The molecule has 29 heavy (non-hydrogen) atoms. The van der Waals surface area contributed by atoms with Crippen LogP contribution < -0.4 is 10.6 Å². The van der Waals surface area contributed by atoms with Gasteiger partial charge in [-0.05, 0) is 44.6 Å². The average molecular weight is 510 g/mol. The maximum absolute atomic E-state index is 12.7. The number of hydrogen-bond acceptors (Lipinski definition) is 2. The Morgan fingerprint density at radius 3 is 2.55 bits per heavy atom. The number of nitrogens with zero attached hydrogens (tertiary/aromatic N) is 2. The van der Waals surface area contributed by atoms with Crippen LogP contribution in [0.3, 0.4) is 0 Å². The third-order valence-electron chi connectivity index (χ3n) is 6.67. The average Bonchev–Trinajstić information content (AvgIpc) is 3.10. The molecule has 2 saturated carbocycles. The lowest BCUT2D eigenvalue weighted by Gasteiger charge is -2.22. The van der Waals surface area contributed by atoms with E-state index in [0.29, 0.717) is 11.9 Å². The highest BCUT2D eigenvalue weighted by atomic mass is 127. The lowest BCUT2D eigenvalue weighted by atomic mass is 9.96. The van der Waals surface area contributed by atoms with Crippen LogP contribution in [-0.4, -0.2) is 49.0 Å². The third kappa shape index (κ3) is 5.44. The van der Waals surface area contributed by atoms with Crippen molar-refractivity contribution in [1.82, 2.24) is 15.5 Å². The Morgan fingerprint density at radius 2 is 1.90 bits per heavy atom. The summed E-state index contributed by atoms with van der Waals surface area (Å²) in [5.41, 5.74) is 1.63. The van der Waals surface area contributed by atoms with Gasteiger partial charge in [0.25, 0.3) is 0 Å². The van der Waals surface area contributed by atoms with Crippen LogP contribution in [0.4, 0.5) is 0 Å². The van der Waals surface area contributed by atoms with Gasteiger partial charge in [-0.25, -0.2) is 0 Å². The van der Waals surface area contributed by atoms with Gasteiger partial charge in [0.05, 0.1) is 6.54 Å². The number of hydrogen-bond donors (Lipinski definition) is 2. The summed E-state index contributed by atoms with van der Waals surface area (Å²) in [5, 5.41) is 6.99. The van der Waals surface area contributed by atoms with Crippen LogP contribution in [0, 0.1) is 5.92 Å². The molecular formula is C23H35IN4O. The molecule has 0 spiro atoms. The minimum Gasteiger partial charge on any atom is -0.357 e. The molecule has 2 aliphatic carbocycles. The highest BCUT2D eigenvalue weighted by Gasteiger charge is 2.44. The maximum Gasteiger partial charge on any atom is 0.225 e. The fourth-order valence-electron chi connectivity index (χ4n) is 4.73. The standard InChI is InChI=1S/C23H34N4O.HI/c1-2-24-22(25-17-23(13-14-23)19-10-4-3-5-11-19)26-20-12-15-27(16-20)21(28)18-8-6-7-9-18;/h3-5,10-11,18,20H,2,6-9,12-17H2,1H3,(H2,24,25,26);1H. The molecule has 160 valence electrons. The van der Waals surface area contributed by atoms with Crippen molar-refractivity contribution in [2.24, 2.45) is 10.9 Å². The highest BCUT2D eigenvalue weighted by molar-refractivity contribution is 14.0. The van der Waals surface area contributed by atoms with E-state index in [4.69, 9.17) is 4.99 Å². The van der Waals surface area contributed by atoms with Gasteiger partial charge in [-0.1, -0.05) is 43.2 Å². The highest BCUT2D eigenvalue weighted by Crippen LogP contribution is 2.48. The topological polar surface area (TPSA) is 56.7 Å². The van der Waals surface area contributed by atoms with Crippen molar-refractivity contribution in [2.45, 2.75) is 63.3 Å².